The van der Waals surface area contributed by atoms with E-state index in [1.54, 1.807) is 4.90 Å². The molecule has 0 amide bonds. The van der Waals surface area contributed by atoms with Crippen LogP contribution < -0.4 is 15.1 Å². The van der Waals surface area contributed by atoms with Crippen LogP contribution in [0.25, 0.3) is 0 Å². The number of alkyl halides is 3. The zero-order chi connectivity index (χ0) is 27.9. The van der Waals surface area contributed by atoms with Gasteiger partial charge in [-0.15, -0.1) is 0 Å². The number of rotatable bonds is 6. The van der Waals surface area contributed by atoms with Crippen molar-refractivity contribution in [3.63, 3.8) is 0 Å². The topological polar surface area (TPSA) is 69.7 Å². The first-order valence-electron chi connectivity index (χ1n) is 13.8. The number of hydrogen-bond donors (Lipinski definition) is 1. The highest BCUT2D eigenvalue weighted by Crippen LogP contribution is 2.42. The molecule has 0 spiro atoms. The molecule has 0 atom stereocenters. The van der Waals surface area contributed by atoms with Gasteiger partial charge < -0.3 is 19.9 Å². The van der Waals surface area contributed by atoms with E-state index >= 15 is 0 Å². The lowest BCUT2D eigenvalue weighted by Crippen LogP contribution is -2.42. The molecule has 0 radical (unpaired) electrons. The Morgan fingerprint density at radius 1 is 1.02 bits per heavy atom. The highest BCUT2D eigenvalue weighted by molar-refractivity contribution is 5.72. The number of anilines is 4. The normalized spacial score (nSPS) is 18.9. The van der Waals surface area contributed by atoms with Crippen molar-refractivity contribution in [3.05, 3.63) is 65.2 Å². The predicted molar refractivity (Wildman–Crippen MR) is 148 cm³/mol. The van der Waals surface area contributed by atoms with Gasteiger partial charge in [-0.05, 0) is 36.2 Å². The zero-order valence-electron chi connectivity index (χ0n) is 22.8. The number of benzene rings is 1. The smallest absolute Gasteiger partial charge is 0.379 e. The summed E-state index contributed by atoms with van der Waals surface area (Å²) in [5, 5.41) is 3.49. The van der Waals surface area contributed by atoms with Gasteiger partial charge in [0, 0.05) is 67.8 Å². The highest BCUT2D eigenvalue weighted by Gasteiger charge is 2.37. The number of aromatic nitrogens is 3. The molecule has 3 aliphatic rings. The van der Waals surface area contributed by atoms with Crippen molar-refractivity contribution in [2.24, 2.45) is 0 Å². The average molecular weight is 554 g/mol. The van der Waals surface area contributed by atoms with Crippen molar-refractivity contribution in [2.75, 3.05) is 67.6 Å². The predicted octanol–water partition coefficient (Wildman–Crippen LogP) is 4.63. The van der Waals surface area contributed by atoms with Gasteiger partial charge in [0.15, 0.2) is 0 Å². The van der Waals surface area contributed by atoms with Crippen LogP contribution in [-0.4, -0.2) is 72.3 Å². The summed E-state index contributed by atoms with van der Waals surface area (Å²) in [7, 11) is 0. The van der Waals surface area contributed by atoms with Gasteiger partial charge in [-0.3, -0.25) is 4.90 Å². The largest absolute Gasteiger partial charge is 0.419 e. The lowest BCUT2D eigenvalue weighted by atomic mass is 9.87. The van der Waals surface area contributed by atoms with Crippen LogP contribution in [0.3, 0.4) is 0 Å². The number of halogens is 3. The average Bonchev–Trinajstić information content (AvgIpc) is 3.21. The van der Waals surface area contributed by atoms with E-state index in [2.05, 4.69) is 62.1 Å². The van der Waals surface area contributed by atoms with E-state index in [1.165, 1.54) is 29.8 Å². The van der Waals surface area contributed by atoms with E-state index in [-0.39, 0.29) is 17.8 Å². The van der Waals surface area contributed by atoms with Crippen molar-refractivity contribution < 1.29 is 17.9 Å². The molecule has 3 aromatic rings. The van der Waals surface area contributed by atoms with Crippen LogP contribution in [-0.2, 0) is 29.3 Å². The van der Waals surface area contributed by atoms with Gasteiger partial charge in [0.05, 0.1) is 31.0 Å². The molecule has 40 heavy (non-hydrogen) atoms. The van der Waals surface area contributed by atoms with Crippen LogP contribution in [0.1, 0.15) is 36.2 Å². The first-order valence-corrected chi connectivity index (χ1v) is 13.8. The number of pyridine rings is 1. The van der Waals surface area contributed by atoms with Crippen LogP contribution in [0.4, 0.5) is 36.2 Å². The summed E-state index contributed by atoms with van der Waals surface area (Å²) in [6.45, 7) is 11.6. The van der Waals surface area contributed by atoms with Crippen LogP contribution in [0.2, 0.25) is 0 Å². The molecule has 6 rings (SSSR count). The summed E-state index contributed by atoms with van der Waals surface area (Å²) in [5.41, 5.74) is 4.44. The number of morpholine rings is 1. The number of hydrogen-bond acceptors (Lipinski definition) is 8. The van der Waals surface area contributed by atoms with Crippen LogP contribution in [0.5, 0.6) is 0 Å². The Bertz CT molecular complexity index is 1370. The van der Waals surface area contributed by atoms with Gasteiger partial charge in [-0.2, -0.15) is 13.2 Å². The minimum atomic E-state index is -4.47. The first-order chi connectivity index (χ1) is 19.2. The maximum Gasteiger partial charge on any atom is 0.419 e. The molecule has 5 heterocycles. The van der Waals surface area contributed by atoms with Crippen molar-refractivity contribution in [2.45, 2.75) is 38.4 Å². The fourth-order valence-electron chi connectivity index (χ4n) is 6.03. The summed E-state index contributed by atoms with van der Waals surface area (Å²) in [6.07, 6.45) is -1.10. The Morgan fingerprint density at radius 2 is 1.85 bits per heavy atom. The monoisotopic (exact) mass is 553 g/mol. The first kappa shape index (κ1) is 26.8. The number of nitrogens with one attached hydrogen (secondary N) is 1. The van der Waals surface area contributed by atoms with Crippen molar-refractivity contribution in [3.8, 4) is 0 Å². The van der Waals surface area contributed by atoms with E-state index in [9.17, 15) is 13.2 Å². The maximum atomic E-state index is 13.6. The summed E-state index contributed by atoms with van der Waals surface area (Å²) in [6, 6.07) is 8.86. The molecule has 11 heteroatoms. The second-order valence-corrected chi connectivity index (χ2v) is 11.3. The van der Waals surface area contributed by atoms with Gasteiger partial charge in [-0.1, -0.05) is 19.9 Å². The quantitative estimate of drug-likeness (QED) is 0.474. The fourth-order valence-corrected chi connectivity index (χ4v) is 6.03. The Labute approximate surface area is 232 Å². The highest BCUT2D eigenvalue weighted by atomic mass is 19.4. The van der Waals surface area contributed by atoms with E-state index in [0.29, 0.717) is 24.5 Å². The SMILES string of the molecule is CC1(C)CN(CCN2CCOCC2)c2cc(Nc3ncnc4c3CCN(c3ncccc3C(F)(F)F)C4)ccc21. The van der Waals surface area contributed by atoms with E-state index in [0.717, 1.165) is 63.3 Å². The van der Waals surface area contributed by atoms with Gasteiger partial charge in [0.2, 0.25) is 0 Å². The summed E-state index contributed by atoms with van der Waals surface area (Å²) < 4.78 is 46.3. The van der Waals surface area contributed by atoms with Crippen LogP contribution in [0, 0.1) is 0 Å². The van der Waals surface area contributed by atoms with E-state index in [1.807, 2.05) is 0 Å². The van der Waals surface area contributed by atoms with Gasteiger partial charge in [0.25, 0.3) is 0 Å². The van der Waals surface area contributed by atoms with Crippen molar-refractivity contribution in [1.82, 2.24) is 19.9 Å². The Morgan fingerprint density at radius 3 is 2.65 bits per heavy atom. The molecule has 1 saturated heterocycles. The molecular formula is C29H34F3N7O. The molecule has 0 aliphatic carbocycles. The van der Waals surface area contributed by atoms with Gasteiger partial charge in [0.1, 0.15) is 18.0 Å². The molecule has 3 aliphatic heterocycles. The zero-order valence-corrected chi connectivity index (χ0v) is 22.8. The Kier molecular flexibility index (Phi) is 7.03. The molecule has 212 valence electrons. The van der Waals surface area contributed by atoms with Crippen LogP contribution in [0.15, 0.2) is 42.9 Å². The number of ether oxygens (including phenoxy) is 1. The molecule has 2 aromatic heterocycles. The third-order valence-corrected chi connectivity index (χ3v) is 8.10. The van der Waals surface area contributed by atoms with Crippen LogP contribution >= 0.6 is 0 Å². The summed E-state index contributed by atoms with van der Waals surface area (Å²) in [4.78, 5) is 19.6. The summed E-state index contributed by atoms with van der Waals surface area (Å²) >= 11 is 0. The van der Waals surface area contributed by atoms with Crippen molar-refractivity contribution in [1.29, 1.82) is 0 Å². The third-order valence-electron chi connectivity index (χ3n) is 8.10. The maximum absolute atomic E-state index is 13.6. The molecular weight excluding hydrogens is 519 g/mol. The third kappa shape index (κ3) is 5.32. The van der Waals surface area contributed by atoms with E-state index in [4.69, 9.17) is 4.74 Å². The molecule has 0 unspecified atom stereocenters. The standard InChI is InChI=1S/C29H34F3N7O/c1-28(2)18-39(11-10-37-12-14-40-15-13-37)25-16-20(5-6-22(25)28)36-26-21-7-9-38(17-24(21)34-19-35-26)27-23(29(30,31)32)4-3-8-33-27/h3-6,8,16,19H,7,9-15,17-18H2,1-2H3,(H,34,35,36). The lowest BCUT2D eigenvalue weighted by Gasteiger charge is -2.31. The molecule has 1 aromatic carbocycles. The number of nitrogens with zero attached hydrogens (tertiary/aromatic N) is 6. The molecule has 8 nitrogen and oxygen atoms in total. The Balaban J connectivity index is 1.21. The molecule has 1 N–H and O–H groups in total. The fraction of sp³-hybridized carbons (Fsp3) is 0.483. The number of fused-ring (bicyclic) bond motifs is 2. The van der Waals surface area contributed by atoms with E-state index < -0.39 is 11.7 Å². The Hall–Kier alpha value is -3.44. The minimum Gasteiger partial charge on any atom is -0.379 e. The second kappa shape index (κ2) is 10.5. The summed E-state index contributed by atoms with van der Waals surface area (Å²) in [5.74, 6) is 0.631. The van der Waals surface area contributed by atoms with Crippen molar-refractivity contribution >= 4 is 23.0 Å². The molecule has 1 fully saturated rings. The molecule has 0 saturated carbocycles. The lowest BCUT2D eigenvalue weighted by molar-refractivity contribution is -0.137. The van der Waals surface area contributed by atoms with Gasteiger partial charge in [-0.25, -0.2) is 15.0 Å². The van der Waals surface area contributed by atoms with Gasteiger partial charge >= 0.3 is 6.18 Å². The molecule has 0 bridgehead atoms. The minimum absolute atomic E-state index is 0.0527. The second-order valence-electron chi connectivity index (χ2n) is 11.3.